The zero-order chi connectivity index (χ0) is 25.8. The predicted octanol–water partition coefficient (Wildman–Crippen LogP) is 6.36. The second-order valence-electron chi connectivity index (χ2n) is 13.1. The maximum Gasteiger partial charge on any atom is 0.113 e. The Morgan fingerprint density at radius 2 is 1.91 bits per heavy atom. The van der Waals surface area contributed by atoms with Gasteiger partial charge in [0.2, 0.25) is 0 Å². The molecule has 3 rings (SSSR count). The van der Waals surface area contributed by atoms with Gasteiger partial charge in [-0.1, -0.05) is 65.7 Å². The molecule has 4 nitrogen and oxygen atoms in total. The molecule has 0 radical (unpaired) electrons. The predicted molar refractivity (Wildman–Crippen MR) is 144 cm³/mol. The summed E-state index contributed by atoms with van der Waals surface area (Å²) >= 11 is 0. The van der Waals surface area contributed by atoms with Gasteiger partial charge in [0, 0.05) is 19.6 Å². The van der Waals surface area contributed by atoms with E-state index in [4.69, 9.17) is 9.84 Å². The van der Waals surface area contributed by atoms with Gasteiger partial charge in [0.15, 0.2) is 0 Å². The molecule has 0 aromatic rings. The van der Waals surface area contributed by atoms with Crippen molar-refractivity contribution in [1.29, 1.82) is 0 Å². The van der Waals surface area contributed by atoms with Gasteiger partial charge < -0.3 is 20.1 Å². The Morgan fingerprint density at radius 3 is 2.60 bits per heavy atom. The molecule has 0 spiro atoms. The molecule has 3 aliphatic carbocycles. The maximum absolute atomic E-state index is 10.8. The molecule has 0 saturated heterocycles. The maximum atomic E-state index is 10.8. The van der Waals surface area contributed by atoms with Gasteiger partial charge in [-0.2, -0.15) is 0 Å². The van der Waals surface area contributed by atoms with Gasteiger partial charge in [-0.15, -0.1) is 0 Å². The minimum Gasteiger partial charge on any atom is -0.396 e. The quantitative estimate of drug-likeness (QED) is 0.313. The van der Waals surface area contributed by atoms with E-state index in [1.54, 1.807) is 0 Å². The molecule has 3 N–H and O–H groups in total. The van der Waals surface area contributed by atoms with Crippen LogP contribution in [0.2, 0.25) is 0 Å². The van der Waals surface area contributed by atoms with Crippen molar-refractivity contribution in [3.63, 3.8) is 0 Å². The molecule has 1 fully saturated rings. The molecule has 7 atom stereocenters. The Morgan fingerprint density at radius 1 is 1.17 bits per heavy atom. The molecule has 3 aliphatic rings. The molecular formula is C31H52O4. The fourth-order valence-corrected chi connectivity index (χ4v) is 7.17. The van der Waals surface area contributed by atoms with E-state index in [1.807, 2.05) is 6.92 Å². The third kappa shape index (κ3) is 6.89. The lowest BCUT2D eigenvalue weighted by Gasteiger charge is -2.43. The molecule has 0 aliphatic heterocycles. The topological polar surface area (TPSA) is 69.9 Å². The van der Waals surface area contributed by atoms with Crippen LogP contribution < -0.4 is 0 Å². The van der Waals surface area contributed by atoms with Crippen LogP contribution in [0.1, 0.15) is 99.3 Å². The minimum atomic E-state index is -0.812. The normalized spacial score (nSPS) is 34.9. The fraction of sp³-hybridized carbons (Fsp3) is 0.806. The van der Waals surface area contributed by atoms with Gasteiger partial charge in [0.1, 0.15) is 12.2 Å². The van der Waals surface area contributed by atoms with E-state index >= 15 is 0 Å². The Bertz CT molecular complexity index is 788. The number of fused-ring (bicyclic) bond motifs is 1. The van der Waals surface area contributed by atoms with E-state index in [0.717, 1.165) is 29.4 Å². The first-order chi connectivity index (χ1) is 16.5. The summed E-state index contributed by atoms with van der Waals surface area (Å²) in [6.45, 7) is 14.4. The number of aliphatic hydroxyl groups is 3. The van der Waals surface area contributed by atoms with Crippen molar-refractivity contribution in [3.05, 3.63) is 34.9 Å². The monoisotopic (exact) mass is 488 g/mol. The third-order valence-corrected chi connectivity index (χ3v) is 9.31. The number of hydrogen-bond acceptors (Lipinski definition) is 4. The van der Waals surface area contributed by atoms with Crippen LogP contribution >= 0.6 is 0 Å². The van der Waals surface area contributed by atoms with Crippen LogP contribution in [-0.2, 0) is 4.74 Å². The van der Waals surface area contributed by atoms with Crippen LogP contribution in [0.25, 0.3) is 0 Å². The van der Waals surface area contributed by atoms with E-state index in [1.165, 1.54) is 44.1 Å². The van der Waals surface area contributed by atoms with E-state index in [2.05, 4.69) is 52.8 Å². The van der Waals surface area contributed by atoms with Gasteiger partial charge in [0.25, 0.3) is 0 Å². The van der Waals surface area contributed by atoms with Crippen LogP contribution in [0.5, 0.6) is 0 Å². The summed E-state index contributed by atoms with van der Waals surface area (Å²) in [4.78, 5) is 0. The number of hydrogen-bond donors (Lipinski definition) is 3. The molecule has 35 heavy (non-hydrogen) atoms. The number of aliphatic hydroxyl groups excluding tert-OH is 3. The highest BCUT2D eigenvalue weighted by molar-refractivity contribution is 5.38. The summed E-state index contributed by atoms with van der Waals surface area (Å²) in [7, 11) is 0. The van der Waals surface area contributed by atoms with Crippen LogP contribution in [0.15, 0.2) is 34.9 Å². The second kappa shape index (κ2) is 12.1. The summed E-state index contributed by atoms with van der Waals surface area (Å²) in [5, 5.41) is 30.4. The highest BCUT2D eigenvalue weighted by Gasteiger charge is 2.49. The molecule has 1 saturated carbocycles. The molecule has 200 valence electrons. The Labute approximate surface area is 214 Å². The van der Waals surface area contributed by atoms with E-state index in [0.29, 0.717) is 36.2 Å². The molecule has 4 heteroatoms. The molecule has 0 bridgehead atoms. The number of allylic oxidation sites excluding steroid dienone is 4. The summed E-state index contributed by atoms with van der Waals surface area (Å²) in [5.74, 6) is 2.17. The Kier molecular flexibility index (Phi) is 9.87. The molecule has 0 amide bonds. The molecule has 0 aromatic heterocycles. The summed E-state index contributed by atoms with van der Waals surface area (Å²) in [6, 6.07) is 0. The first-order valence-electron chi connectivity index (χ1n) is 14.1. The Balaban J connectivity index is 1.66. The van der Waals surface area contributed by atoms with Crippen LogP contribution in [0.3, 0.4) is 0 Å². The SMILES string of the molecule is CC1=C(/C=C/C2=CCC[C@]3(C)[C@@H]([C@H](C)CCCC(C)(C)C)CC[C@@H]23)C[C@@H](O)[C@@H](OCCCO)[C@@H]1O. The van der Waals surface area contributed by atoms with E-state index < -0.39 is 18.3 Å². The van der Waals surface area contributed by atoms with Crippen molar-refractivity contribution in [2.24, 2.45) is 28.6 Å². The zero-order valence-corrected chi connectivity index (χ0v) is 23.2. The van der Waals surface area contributed by atoms with Crippen molar-refractivity contribution in [1.82, 2.24) is 0 Å². The molecule has 0 aromatic carbocycles. The van der Waals surface area contributed by atoms with Gasteiger partial charge in [0.05, 0.1) is 6.10 Å². The highest BCUT2D eigenvalue weighted by Crippen LogP contribution is 2.59. The second-order valence-corrected chi connectivity index (χ2v) is 13.1. The largest absolute Gasteiger partial charge is 0.396 e. The van der Waals surface area contributed by atoms with Gasteiger partial charge in [-0.25, -0.2) is 0 Å². The van der Waals surface area contributed by atoms with E-state index in [9.17, 15) is 10.2 Å². The summed E-state index contributed by atoms with van der Waals surface area (Å²) in [5.41, 5.74) is 4.15. The Hall–Kier alpha value is -0.940. The van der Waals surface area contributed by atoms with Crippen LogP contribution in [0, 0.1) is 28.6 Å². The number of ether oxygens (including phenoxy) is 1. The summed E-state index contributed by atoms with van der Waals surface area (Å²) in [6.07, 6.45) is 14.7. The van der Waals surface area contributed by atoms with Crippen molar-refractivity contribution in [2.45, 2.75) is 118 Å². The molecular weight excluding hydrogens is 436 g/mol. The van der Waals surface area contributed by atoms with Crippen molar-refractivity contribution < 1.29 is 20.1 Å². The zero-order valence-electron chi connectivity index (χ0n) is 23.2. The third-order valence-electron chi connectivity index (χ3n) is 9.31. The van der Waals surface area contributed by atoms with Gasteiger partial charge in [-0.3, -0.25) is 0 Å². The average Bonchev–Trinajstić information content (AvgIpc) is 3.14. The lowest BCUT2D eigenvalue weighted by Crippen LogP contribution is -2.44. The minimum absolute atomic E-state index is 0.0491. The standard InChI is InChI=1S/C31H52O4/c1-21(10-7-16-30(3,4)5)25-14-15-26-23(11-8-17-31(25,26)6)12-13-24-20-27(33)29(28(34)22(24)2)35-19-9-18-32/h11-13,21,25-29,32-34H,7-10,14-20H2,1-6H3/b13-12+/t21-,25-,26+,27-,28-,29-,31-/m1/s1. The average molecular weight is 489 g/mol. The summed E-state index contributed by atoms with van der Waals surface area (Å²) < 4.78 is 5.68. The van der Waals surface area contributed by atoms with Gasteiger partial charge >= 0.3 is 0 Å². The first kappa shape index (κ1) is 28.6. The van der Waals surface area contributed by atoms with Crippen LogP contribution in [-0.4, -0.2) is 46.8 Å². The van der Waals surface area contributed by atoms with E-state index in [-0.39, 0.29) is 6.61 Å². The fourth-order valence-electron chi connectivity index (χ4n) is 7.17. The first-order valence-corrected chi connectivity index (χ1v) is 14.1. The lowest BCUT2D eigenvalue weighted by molar-refractivity contribution is -0.0958. The molecule has 0 unspecified atom stereocenters. The lowest BCUT2D eigenvalue weighted by atomic mass is 9.62. The van der Waals surface area contributed by atoms with Crippen LogP contribution in [0.4, 0.5) is 0 Å². The van der Waals surface area contributed by atoms with Gasteiger partial charge in [-0.05, 0) is 90.8 Å². The van der Waals surface area contributed by atoms with Crippen molar-refractivity contribution in [3.8, 4) is 0 Å². The molecule has 0 heterocycles. The highest BCUT2D eigenvalue weighted by atomic mass is 16.5. The number of rotatable bonds is 10. The van der Waals surface area contributed by atoms with Crippen molar-refractivity contribution in [2.75, 3.05) is 13.2 Å². The van der Waals surface area contributed by atoms with Crippen molar-refractivity contribution >= 4 is 0 Å². The smallest absolute Gasteiger partial charge is 0.113 e.